The molecule has 0 amide bonds. The zero-order chi connectivity index (χ0) is 28.1. The van der Waals surface area contributed by atoms with E-state index in [0.717, 1.165) is 0 Å². The van der Waals surface area contributed by atoms with Crippen LogP contribution in [0, 0.1) is 23.0 Å². The molecular weight excluding hydrogens is 546 g/mol. The van der Waals surface area contributed by atoms with Crippen LogP contribution in [0.1, 0.15) is 16.2 Å². The number of anilines is 2. The quantitative estimate of drug-likeness (QED) is 0.160. The maximum Gasteiger partial charge on any atom is 0.201 e. The molecule has 5 aromatic rings. The number of Topliss-reactive ketones (excluding diaryl/α,β-unsaturated/α-hetero) is 1. The number of ketones is 1. The average Bonchev–Trinajstić information content (AvgIpc) is 3.63. The highest BCUT2D eigenvalue weighted by Crippen LogP contribution is 2.32. The molecule has 12 nitrogen and oxygen atoms in total. The number of fused-ring (bicyclic) bond motifs is 1. The van der Waals surface area contributed by atoms with E-state index in [1.165, 1.54) is 24.5 Å². The Morgan fingerprint density at radius 3 is 2.85 bits per heavy atom. The Bertz CT molecular complexity index is 1720. The van der Waals surface area contributed by atoms with Gasteiger partial charge in [-0.15, -0.1) is 5.10 Å². The molecule has 0 aliphatic rings. The summed E-state index contributed by atoms with van der Waals surface area (Å²) in [5, 5.41) is 28.4. The van der Waals surface area contributed by atoms with E-state index in [2.05, 4.69) is 41.2 Å². The number of nitrogens with one attached hydrogen (secondary N) is 3. The Kier molecular flexibility index (Phi) is 7.85. The van der Waals surface area contributed by atoms with E-state index in [1.54, 1.807) is 34.9 Å². The highest BCUT2D eigenvalue weighted by Gasteiger charge is 2.20. The zero-order valence-electron chi connectivity index (χ0n) is 20.5. The largest absolute Gasteiger partial charge is 0.476 e. The van der Waals surface area contributed by atoms with Gasteiger partial charge in [-0.05, 0) is 40.8 Å². The van der Waals surface area contributed by atoms with Gasteiger partial charge in [0, 0.05) is 42.2 Å². The molecule has 40 heavy (non-hydrogen) atoms. The number of hydrogen-bond donors (Lipinski definition) is 3. The highest BCUT2D eigenvalue weighted by molar-refractivity contribution is 6.34. The minimum atomic E-state index is -1.21. The Balaban J connectivity index is 1.31. The standard InChI is InChI=1S/C25H19ClF2N10O2/c26-17-11-14(1-2-15(17)19(39)13-30-7-5-21-34-36-37-35-21)33-24-25-32-12-18(38(25)9-8-31-24)16-3-4-20(40-10-6-29)23(28)22(16)27/h1-4,8-9,11-12,30H,5,7,10,13H2,(H,31,33)(H,34,35,36,37). The van der Waals surface area contributed by atoms with E-state index in [1.807, 2.05) is 0 Å². The number of hydrogen-bond acceptors (Lipinski definition) is 10. The molecule has 0 spiro atoms. The number of aromatic nitrogens is 7. The first-order chi connectivity index (χ1) is 19.5. The van der Waals surface area contributed by atoms with E-state index in [-0.39, 0.29) is 34.4 Å². The normalized spacial score (nSPS) is 10.9. The summed E-state index contributed by atoms with van der Waals surface area (Å²) in [6, 6.07) is 9.15. The van der Waals surface area contributed by atoms with E-state index in [0.29, 0.717) is 41.5 Å². The molecule has 3 aromatic heterocycles. The molecule has 0 unspecified atom stereocenters. The molecule has 0 aliphatic carbocycles. The second-order valence-electron chi connectivity index (χ2n) is 8.32. The van der Waals surface area contributed by atoms with Crippen molar-refractivity contribution in [2.75, 3.05) is 25.0 Å². The lowest BCUT2D eigenvalue weighted by molar-refractivity contribution is 0.0991. The van der Waals surface area contributed by atoms with Gasteiger partial charge < -0.3 is 15.4 Å². The number of carbonyl (C=O) groups is 1. The van der Waals surface area contributed by atoms with Crippen molar-refractivity contribution < 1.29 is 18.3 Å². The van der Waals surface area contributed by atoms with Crippen molar-refractivity contribution in [2.24, 2.45) is 0 Å². The van der Waals surface area contributed by atoms with Crippen LogP contribution in [0.15, 0.2) is 48.9 Å². The van der Waals surface area contributed by atoms with Gasteiger partial charge in [0.05, 0.1) is 23.5 Å². The second kappa shape index (κ2) is 11.8. The number of ether oxygens (including phenoxy) is 1. The molecule has 15 heteroatoms. The fourth-order valence-corrected chi connectivity index (χ4v) is 4.19. The number of rotatable bonds is 11. The summed E-state index contributed by atoms with van der Waals surface area (Å²) in [5.41, 5.74) is 1.44. The topological polar surface area (TPSA) is 159 Å². The summed E-state index contributed by atoms with van der Waals surface area (Å²) in [4.78, 5) is 21.2. The third-order valence-corrected chi connectivity index (χ3v) is 6.10. The van der Waals surface area contributed by atoms with Crippen LogP contribution in [0.3, 0.4) is 0 Å². The number of tetrazole rings is 1. The number of aromatic amines is 1. The van der Waals surface area contributed by atoms with Crippen molar-refractivity contribution in [3.05, 3.63) is 77.0 Å². The molecule has 0 bridgehead atoms. The molecule has 5 rings (SSSR count). The predicted molar refractivity (Wildman–Crippen MR) is 139 cm³/mol. The van der Waals surface area contributed by atoms with Crippen LogP contribution in [0.2, 0.25) is 5.02 Å². The van der Waals surface area contributed by atoms with Crippen LogP contribution in [0.25, 0.3) is 16.9 Å². The Labute approximate surface area is 230 Å². The number of halogens is 3. The van der Waals surface area contributed by atoms with Gasteiger partial charge in [-0.25, -0.2) is 19.5 Å². The summed E-state index contributed by atoms with van der Waals surface area (Å²) in [5.74, 6) is -1.97. The van der Waals surface area contributed by atoms with Crippen LogP contribution in [-0.4, -0.2) is 60.5 Å². The third kappa shape index (κ3) is 5.55. The highest BCUT2D eigenvalue weighted by atomic mass is 35.5. The smallest absolute Gasteiger partial charge is 0.201 e. The first kappa shape index (κ1) is 26.6. The Morgan fingerprint density at radius 2 is 2.08 bits per heavy atom. The lowest BCUT2D eigenvalue weighted by Gasteiger charge is -2.11. The van der Waals surface area contributed by atoms with Gasteiger partial charge in [-0.3, -0.25) is 9.20 Å². The molecule has 0 saturated carbocycles. The molecule has 0 aliphatic heterocycles. The van der Waals surface area contributed by atoms with Crippen molar-refractivity contribution in [3.63, 3.8) is 0 Å². The maximum absolute atomic E-state index is 14.9. The number of carbonyl (C=O) groups excluding carboxylic acids is 1. The fourth-order valence-electron chi connectivity index (χ4n) is 3.90. The molecule has 0 atom stereocenters. The van der Waals surface area contributed by atoms with E-state index in [9.17, 15) is 13.6 Å². The molecule has 0 radical (unpaired) electrons. The SMILES string of the molecule is N#CCOc1ccc(-c2cnc3c(Nc4ccc(C(=O)CNCCc5nnn[nH]5)c(Cl)c4)nccn23)c(F)c1F. The van der Waals surface area contributed by atoms with Crippen molar-refractivity contribution in [1.29, 1.82) is 5.26 Å². The van der Waals surface area contributed by atoms with Gasteiger partial charge in [0.15, 0.2) is 35.4 Å². The van der Waals surface area contributed by atoms with E-state index < -0.39 is 18.2 Å². The van der Waals surface area contributed by atoms with Gasteiger partial charge in [-0.2, -0.15) is 9.65 Å². The van der Waals surface area contributed by atoms with Crippen molar-refractivity contribution >= 4 is 34.5 Å². The molecular formula is C25H19ClF2N10O2. The molecule has 2 aromatic carbocycles. The summed E-state index contributed by atoms with van der Waals surface area (Å²) in [6.07, 6.45) is 4.95. The Morgan fingerprint density at radius 1 is 1.20 bits per heavy atom. The van der Waals surface area contributed by atoms with Crippen molar-refractivity contribution in [3.8, 4) is 23.1 Å². The van der Waals surface area contributed by atoms with Crippen LogP contribution in [0.4, 0.5) is 20.3 Å². The minimum absolute atomic E-state index is 0.0523. The number of benzene rings is 2. The first-order valence-corrected chi connectivity index (χ1v) is 12.2. The summed E-state index contributed by atoms with van der Waals surface area (Å²) < 4.78 is 35.8. The van der Waals surface area contributed by atoms with Gasteiger partial charge in [0.2, 0.25) is 5.82 Å². The predicted octanol–water partition coefficient (Wildman–Crippen LogP) is 3.50. The monoisotopic (exact) mass is 564 g/mol. The minimum Gasteiger partial charge on any atom is -0.476 e. The van der Waals surface area contributed by atoms with E-state index >= 15 is 0 Å². The molecule has 202 valence electrons. The lowest BCUT2D eigenvalue weighted by Crippen LogP contribution is -2.25. The lowest BCUT2D eigenvalue weighted by atomic mass is 10.1. The van der Waals surface area contributed by atoms with Crippen molar-refractivity contribution in [2.45, 2.75) is 6.42 Å². The van der Waals surface area contributed by atoms with Crippen LogP contribution < -0.4 is 15.4 Å². The number of nitriles is 1. The Hall–Kier alpha value is -5.00. The molecule has 0 fully saturated rings. The zero-order valence-corrected chi connectivity index (χ0v) is 21.3. The fraction of sp³-hybridized carbons (Fsp3) is 0.160. The van der Waals surface area contributed by atoms with Gasteiger partial charge >= 0.3 is 0 Å². The number of H-pyrrole nitrogens is 1. The third-order valence-electron chi connectivity index (χ3n) is 5.79. The summed E-state index contributed by atoms with van der Waals surface area (Å²) in [7, 11) is 0. The maximum atomic E-state index is 14.9. The number of imidazole rings is 1. The van der Waals surface area contributed by atoms with Crippen LogP contribution >= 0.6 is 11.6 Å². The summed E-state index contributed by atoms with van der Waals surface area (Å²) in [6.45, 7) is 0.163. The second-order valence-corrected chi connectivity index (χ2v) is 8.72. The first-order valence-electron chi connectivity index (χ1n) is 11.8. The molecule has 3 N–H and O–H groups in total. The van der Waals surface area contributed by atoms with Crippen molar-refractivity contribution in [1.82, 2.24) is 40.3 Å². The van der Waals surface area contributed by atoms with Crippen LogP contribution in [-0.2, 0) is 6.42 Å². The van der Waals surface area contributed by atoms with E-state index in [4.69, 9.17) is 21.6 Å². The summed E-state index contributed by atoms with van der Waals surface area (Å²) >= 11 is 6.40. The number of nitrogens with zero attached hydrogens (tertiary/aromatic N) is 7. The van der Waals surface area contributed by atoms with Gasteiger partial charge in [0.25, 0.3) is 0 Å². The van der Waals surface area contributed by atoms with Gasteiger partial charge in [-0.1, -0.05) is 11.6 Å². The van der Waals surface area contributed by atoms with Gasteiger partial charge in [0.1, 0.15) is 11.9 Å². The molecule has 0 saturated heterocycles. The average molecular weight is 565 g/mol. The molecule has 3 heterocycles. The van der Waals surface area contributed by atoms with Crippen LogP contribution in [0.5, 0.6) is 5.75 Å².